The molecular weight excluding hydrogens is 401 g/mol. The Labute approximate surface area is 172 Å². The van der Waals surface area contributed by atoms with Crippen LogP contribution in [-0.4, -0.2) is 41.1 Å². The highest BCUT2D eigenvalue weighted by atomic mass is 19.4. The molecule has 3 rings (SSSR count). The maximum Gasteiger partial charge on any atom is 0.416 e. The van der Waals surface area contributed by atoms with Gasteiger partial charge in [0.15, 0.2) is 6.10 Å². The topological polar surface area (TPSA) is 76.0 Å². The van der Waals surface area contributed by atoms with Gasteiger partial charge in [-0.05, 0) is 43.0 Å². The van der Waals surface area contributed by atoms with Gasteiger partial charge in [-0.1, -0.05) is 24.3 Å². The van der Waals surface area contributed by atoms with Crippen molar-refractivity contribution in [2.24, 2.45) is 11.8 Å². The Morgan fingerprint density at radius 3 is 2.70 bits per heavy atom. The lowest BCUT2D eigenvalue weighted by Crippen LogP contribution is -2.25. The maximum absolute atomic E-state index is 12.9. The average Bonchev–Trinajstić information content (AvgIpc) is 2.94. The molecule has 2 unspecified atom stereocenters. The number of hydrogen-bond donors (Lipinski definition) is 2. The van der Waals surface area contributed by atoms with Crippen LogP contribution in [0.15, 0.2) is 48.6 Å². The zero-order valence-electron chi connectivity index (χ0n) is 16.3. The van der Waals surface area contributed by atoms with Gasteiger partial charge in [0.25, 0.3) is 0 Å². The van der Waals surface area contributed by atoms with E-state index >= 15 is 0 Å². The number of rotatable bonds is 3. The quantitative estimate of drug-likeness (QED) is 0.570. The van der Waals surface area contributed by atoms with Gasteiger partial charge in [0.2, 0.25) is 0 Å². The summed E-state index contributed by atoms with van der Waals surface area (Å²) in [5.41, 5.74) is -0.830. The molecule has 5 nitrogen and oxygen atoms in total. The van der Waals surface area contributed by atoms with E-state index in [0.717, 1.165) is 12.1 Å². The van der Waals surface area contributed by atoms with E-state index in [4.69, 9.17) is 9.47 Å². The van der Waals surface area contributed by atoms with Crippen LogP contribution in [0.5, 0.6) is 5.75 Å². The van der Waals surface area contributed by atoms with Crippen LogP contribution in [0.25, 0.3) is 0 Å². The minimum atomic E-state index is -4.49. The second kappa shape index (κ2) is 9.66. The van der Waals surface area contributed by atoms with Crippen LogP contribution < -0.4 is 4.74 Å². The van der Waals surface area contributed by atoms with Crippen molar-refractivity contribution in [3.63, 3.8) is 0 Å². The highest BCUT2D eigenvalue weighted by Gasteiger charge is 2.39. The van der Waals surface area contributed by atoms with E-state index < -0.39 is 36.0 Å². The van der Waals surface area contributed by atoms with Gasteiger partial charge in [0.05, 0.1) is 17.8 Å². The summed E-state index contributed by atoms with van der Waals surface area (Å²) in [4.78, 5) is 12.1. The van der Waals surface area contributed by atoms with Crippen molar-refractivity contribution in [1.29, 1.82) is 0 Å². The first-order chi connectivity index (χ1) is 14.2. The molecular formula is C22H25F3O5. The van der Waals surface area contributed by atoms with Crippen molar-refractivity contribution in [3.8, 4) is 5.75 Å². The Balaban J connectivity index is 1.74. The molecule has 164 valence electrons. The number of hydrogen-bond acceptors (Lipinski definition) is 5. The van der Waals surface area contributed by atoms with Gasteiger partial charge in [-0.25, -0.2) is 0 Å². The standard InChI is InChI=1S/C22H25F3O5/c23-22(24,25)14-5-4-6-15(11-14)29-13-16-9-10-18-17(19(26)12-20(18)27)7-2-1-3-8-21(28)30-16/h1-2,4-6,9-11,16-20,26-27H,3,7-8,12-13H2/b2-1-,10-9+/t16?,17-,18?,19+,20-/m1/s1. The summed E-state index contributed by atoms with van der Waals surface area (Å²) >= 11 is 0. The molecule has 1 aromatic carbocycles. The average molecular weight is 426 g/mol. The fourth-order valence-corrected chi connectivity index (χ4v) is 3.83. The van der Waals surface area contributed by atoms with Gasteiger partial charge in [-0.2, -0.15) is 13.2 Å². The van der Waals surface area contributed by atoms with Crippen LogP contribution in [0.1, 0.15) is 31.2 Å². The van der Waals surface area contributed by atoms with E-state index in [2.05, 4.69) is 0 Å². The highest BCUT2D eigenvalue weighted by Crippen LogP contribution is 2.36. The molecule has 0 saturated heterocycles. The Morgan fingerprint density at radius 2 is 1.93 bits per heavy atom. The van der Waals surface area contributed by atoms with Crippen LogP contribution in [0.4, 0.5) is 13.2 Å². The number of aliphatic hydroxyl groups excluding tert-OH is 2. The zero-order valence-corrected chi connectivity index (χ0v) is 16.3. The first kappa shape index (κ1) is 22.4. The number of esters is 1. The number of fused-ring (bicyclic) bond motifs is 1. The SMILES string of the molecule is O=C1CC/C=C\C[C@@H]2C(/C=C/C(COc3cccc(C(F)(F)F)c3)O1)[C@H](O)C[C@@H]2O. The second-order valence-electron chi connectivity index (χ2n) is 7.61. The molecule has 0 amide bonds. The number of benzene rings is 1. The normalized spacial score (nSPS) is 32.3. The summed E-state index contributed by atoms with van der Waals surface area (Å²) in [6.45, 7) is -0.171. The number of allylic oxidation sites excluding steroid dienone is 2. The minimum Gasteiger partial charge on any atom is -0.489 e. The number of carbonyl (C=O) groups excluding carboxylic acids is 1. The maximum atomic E-state index is 12.9. The molecule has 0 bridgehead atoms. The molecule has 1 aliphatic carbocycles. The number of alkyl halides is 3. The van der Waals surface area contributed by atoms with Crippen LogP contribution in [0, 0.1) is 11.8 Å². The summed E-state index contributed by atoms with van der Waals surface area (Å²) in [5.74, 6) is -0.921. The van der Waals surface area contributed by atoms with Gasteiger partial charge < -0.3 is 19.7 Å². The molecule has 8 heteroatoms. The summed E-state index contributed by atoms with van der Waals surface area (Å²) < 4.78 is 49.5. The Kier molecular flexibility index (Phi) is 7.20. The lowest BCUT2D eigenvalue weighted by atomic mass is 9.89. The molecule has 2 aliphatic rings. The van der Waals surface area contributed by atoms with Crippen molar-refractivity contribution in [1.82, 2.24) is 0 Å². The third-order valence-corrected chi connectivity index (χ3v) is 5.41. The largest absolute Gasteiger partial charge is 0.489 e. The van der Waals surface area contributed by atoms with E-state index in [1.165, 1.54) is 12.1 Å². The molecule has 1 saturated carbocycles. The predicted octanol–water partition coefficient (Wildman–Crippen LogP) is 3.65. The summed E-state index contributed by atoms with van der Waals surface area (Å²) in [6.07, 6.45) is 1.82. The van der Waals surface area contributed by atoms with E-state index in [-0.39, 0.29) is 37.0 Å². The lowest BCUT2D eigenvalue weighted by Gasteiger charge is -2.21. The van der Waals surface area contributed by atoms with E-state index in [1.54, 1.807) is 12.2 Å². The van der Waals surface area contributed by atoms with E-state index in [1.807, 2.05) is 12.2 Å². The molecule has 5 atom stereocenters. The number of aliphatic hydroxyl groups is 2. The molecule has 1 aliphatic heterocycles. The van der Waals surface area contributed by atoms with Gasteiger partial charge in [0.1, 0.15) is 12.4 Å². The van der Waals surface area contributed by atoms with Crippen molar-refractivity contribution >= 4 is 5.97 Å². The van der Waals surface area contributed by atoms with Gasteiger partial charge >= 0.3 is 12.1 Å². The first-order valence-corrected chi connectivity index (χ1v) is 9.93. The third kappa shape index (κ3) is 5.86. The third-order valence-electron chi connectivity index (χ3n) is 5.41. The molecule has 1 heterocycles. The van der Waals surface area contributed by atoms with Crippen LogP contribution in [-0.2, 0) is 15.7 Å². The fourth-order valence-electron chi connectivity index (χ4n) is 3.83. The van der Waals surface area contributed by atoms with Gasteiger partial charge in [-0.3, -0.25) is 4.79 Å². The summed E-state index contributed by atoms with van der Waals surface area (Å²) in [6, 6.07) is 4.48. The Hall–Kier alpha value is -2.32. The van der Waals surface area contributed by atoms with Gasteiger partial charge in [-0.15, -0.1) is 0 Å². The number of carbonyl (C=O) groups is 1. The second-order valence-corrected chi connectivity index (χ2v) is 7.61. The molecule has 1 fully saturated rings. The van der Waals surface area contributed by atoms with Gasteiger partial charge in [0, 0.05) is 18.8 Å². The Bertz CT molecular complexity index is 789. The fraction of sp³-hybridized carbons (Fsp3) is 0.500. The minimum absolute atomic E-state index is 0.0116. The highest BCUT2D eigenvalue weighted by molar-refractivity contribution is 5.69. The molecule has 2 N–H and O–H groups in total. The first-order valence-electron chi connectivity index (χ1n) is 9.93. The lowest BCUT2D eigenvalue weighted by molar-refractivity contribution is -0.148. The summed E-state index contributed by atoms with van der Waals surface area (Å²) in [7, 11) is 0. The monoisotopic (exact) mass is 426 g/mol. The number of halogens is 3. The molecule has 0 radical (unpaired) electrons. The predicted molar refractivity (Wildman–Crippen MR) is 103 cm³/mol. The van der Waals surface area contributed by atoms with E-state index in [0.29, 0.717) is 12.8 Å². The summed E-state index contributed by atoms with van der Waals surface area (Å²) in [5, 5.41) is 20.5. The molecule has 0 spiro atoms. The molecule has 0 aromatic heterocycles. The number of cyclic esters (lactones) is 1. The molecule has 1 aromatic rings. The van der Waals surface area contributed by atoms with Crippen molar-refractivity contribution in [3.05, 3.63) is 54.1 Å². The van der Waals surface area contributed by atoms with Crippen LogP contribution in [0.2, 0.25) is 0 Å². The Morgan fingerprint density at radius 1 is 1.13 bits per heavy atom. The molecule has 30 heavy (non-hydrogen) atoms. The van der Waals surface area contributed by atoms with Crippen molar-refractivity contribution < 1.29 is 37.7 Å². The van der Waals surface area contributed by atoms with Crippen LogP contribution >= 0.6 is 0 Å². The van der Waals surface area contributed by atoms with Crippen molar-refractivity contribution in [2.45, 2.75) is 50.2 Å². The number of ether oxygens (including phenoxy) is 2. The van der Waals surface area contributed by atoms with E-state index in [9.17, 15) is 28.2 Å². The smallest absolute Gasteiger partial charge is 0.416 e. The van der Waals surface area contributed by atoms with Crippen molar-refractivity contribution in [2.75, 3.05) is 6.61 Å². The van der Waals surface area contributed by atoms with Crippen LogP contribution in [0.3, 0.4) is 0 Å². The zero-order chi connectivity index (χ0) is 21.7.